The highest BCUT2D eigenvalue weighted by atomic mass is 19.1. The smallest absolute Gasteiger partial charge is 0.239 e. The number of Topliss-reactive ketones (excluding diaryl/α,β-unsaturated/α-hetero) is 1. The molecule has 0 N–H and O–H groups in total. The monoisotopic (exact) mass is 266 g/mol. The summed E-state index contributed by atoms with van der Waals surface area (Å²) in [5.41, 5.74) is 2.02. The van der Waals surface area contributed by atoms with Crippen LogP contribution in [0.3, 0.4) is 0 Å². The van der Waals surface area contributed by atoms with Gasteiger partial charge in [-0.15, -0.1) is 0 Å². The Morgan fingerprint density at radius 1 is 1.10 bits per heavy atom. The molecule has 2 heteroatoms. The highest BCUT2D eigenvalue weighted by Crippen LogP contribution is 2.08. The second kappa shape index (κ2) is 6.68. The molecule has 0 bridgehead atoms. The lowest BCUT2D eigenvalue weighted by Crippen LogP contribution is -1.98. The van der Waals surface area contributed by atoms with Gasteiger partial charge >= 0.3 is 0 Å². The van der Waals surface area contributed by atoms with E-state index in [9.17, 15) is 9.18 Å². The summed E-state index contributed by atoms with van der Waals surface area (Å²) in [5, 5.41) is 0. The van der Waals surface area contributed by atoms with Crippen LogP contribution in [-0.4, -0.2) is 5.78 Å². The Balaban J connectivity index is 2.14. The predicted octanol–water partition coefficient (Wildman–Crippen LogP) is 4.01. The molecule has 0 unspecified atom stereocenters. The van der Waals surface area contributed by atoms with Gasteiger partial charge in [0.15, 0.2) is 0 Å². The molecule has 2 rings (SSSR count). The van der Waals surface area contributed by atoms with Crippen molar-refractivity contribution in [2.24, 2.45) is 0 Å². The number of halogens is 1. The first kappa shape index (κ1) is 14.0. The maximum Gasteiger partial charge on any atom is 0.239 e. The molecule has 0 aliphatic heterocycles. The molecule has 0 spiro atoms. The lowest BCUT2D eigenvalue weighted by molar-refractivity contribution is 0.105. The quantitative estimate of drug-likeness (QED) is 0.606. The molecule has 2 aromatic rings. The van der Waals surface area contributed by atoms with Gasteiger partial charge in [-0.2, -0.15) is 0 Å². The maximum absolute atomic E-state index is 13.4. The molecule has 0 radical (unpaired) electrons. The van der Waals surface area contributed by atoms with Gasteiger partial charge in [-0.25, -0.2) is 4.39 Å². The van der Waals surface area contributed by atoms with Crippen LogP contribution in [0.1, 0.15) is 34.8 Å². The van der Waals surface area contributed by atoms with Gasteiger partial charge in [0.25, 0.3) is 0 Å². The van der Waals surface area contributed by atoms with Crippen molar-refractivity contribution in [2.75, 3.05) is 0 Å². The van der Waals surface area contributed by atoms with E-state index in [4.69, 9.17) is 0 Å². The van der Waals surface area contributed by atoms with E-state index in [2.05, 4.69) is 18.8 Å². The van der Waals surface area contributed by atoms with Gasteiger partial charge in [0.2, 0.25) is 5.78 Å². The van der Waals surface area contributed by atoms with Crippen molar-refractivity contribution >= 4 is 5.78 Å². The number of hydrogen-bond donors (Lipinski definition) is 0. The minimum absolute atomic E-state index is 0.0163. The van der Waals surface area contributed by atoms with Crippen molar-refractivity contribution in [3.05, 3.63) is 71.0 Å². The topological polar surface area (TPSA) is 17.1 Å². The molecule has 100 valence electrons. The number of aryl methyl sites for hydroxylation is 1. The third-order valence-electron chi connectivity index (χ3n) is 2.93. The Bertz CT molecular complexity index is 660. The Morgan fingerprint density at radius 2 is 1.80 bits per heavy atom. The minimum atomic E-state index is -0.537. The van der Waals surface area contributed by atoms with Gasteiger partial charge in [0.05, 0.1) is 5.56 Å². The van der Waals surface area contributed by atoms with Crippen molar-refractivity contribution in [2.45, 2.75) is 19.8 Å². The summed E-state index contributed by atoms with van der Waals surface area (Å²) in [6, 6.07) is 13.6. The SMILES string of the molecule is CCCc1ccc(C#CC(=O)c2ccccc2F)cc1. The van der Waals surface area contributed by atoms with Gasteiger partial charge in [-0.05, 0) is 42.2 Å². The van der Waals surface area contributed by atoms with Crippen LogP contribution in [0.15, 0.2) is 48.5 Å². The largest absolute Gasteiger partial charge is 0.279 e. The molecule has 0 aromatic heterocycles. The summed E-state index contributed by atoms with van der Waals surface area (Å²) in [6.07, 6.45) is 2.12. The lowest BCUT2D eigenvalue weighted by Gasteiger charge is -1.97. The Labute approximate surface area is 118 Å². The summed E-state index contributed by atoms with van der Waals surface area (Å²) in [6.45, 7) is 2.13. The van der Waals surface area contributed by atoms with E-state index in [-0.39, 0.29) is 5.56 Å². The molecule has 0 fully saturated rings. The van der Waals surface area contributed by atoms with Crippen LogP contribution in [0.4, 0.5) is 4.39 Å². The first-order valence-electron chi connectivity index (χ1n) is 6.60. The summed E-state index contributed by atoms with van der Waals surface area (Å²) >= 11 is 0. The maximum atomic E-state index is 13.4. The highest BCUT2D eigenvalue weighted by Gasteiger charge is 2.07. The van der Waals surface area contributed by atoms with Crippen LogP contribution < -0.4 is 0 Å². The molecular formula is C18H15FO. The first-order chi connectivity index (χ1) is 9.70. The second-order valence-electron chi connectivity index (χ2n) is 4.51. The third kappa shape index (κ3) is 3.55. The average molecular weight is 266 g/mol. The zero-order valence-electron chi connectivity index (χ0n) is 11.3. The summed E-state index contributed by atoms with van der Waals surface area (Å²) in [5.74, 6) is 4.22. The average Bonchev–Trinajstić information content (AvgIpc) is 2.47. The van der Waals surface area contributed by atoms with Gasteiger partial charge < -0.3 is 0 Å². The predicted molar refractivity (Wildman–Crippen MR) is 78.0 cm³/mol. The Kier molecular flexibility index (Phi) is 4.68. The summed E-state index contributed by atoms with van der Waals surface area (Å²) < 4.78 is 13.4. The second-order valence-corrected chi connectivity index (χ2v) is 4.51. The van der Waals surface area contributed by atoms with Gasteiger partial charge in [-0.3, -0.25) is 4.79 Å². The van der Waals surface area contributed by atoms with Crippen LogP contribution >= 0.6 is 0 Å². The molecule has 0 amide bonds. The first-order valence-corrected chi connectivity index (χ1v) is 6.60. The van der Waals surface area contributed by atoms with Crippen LogP contribution in [0.2, 0.25) is 0 Å². The molecule has 2 aromatic carbocycles. The van der Waals surface area contributed by atoms with Gasteiger partial charge in [0, 0.05) is 5.56 Å². The van der Waals surface area contributed by atoms with E-state index >= 15 is 0 Å². The Morgan fingerprint density at radius 3 is 2.45 bits per heavy atom. The molecule has 0 saturated carbocycles. The van der Waals surface area contributed by atoms with E-state index in [1.165, 1.54) is 17.7 Å². The van der Waals surface area contributed by atoms with Crippen LogP contribution in [-0.2, 0) is 6.42 Å². The minimum Gasteiger partial charge on any atom is -0.279 e. The fraction of sp³-hybridized carbons (Fsp3) is 0.167. The normalized spacial score (nSPS) is 9.70. The molecule has 0 atom stereocenters. The van der Waals surface area contributed by atoms with Gasteiger partial charge in [0.1, 0.15) is 5.82 Å². The molecule has 0 saturated heterocycles. The number of carbonyl (C=O) groups excluding carboxylic acids is 1. The van der Waals surface area contributed by atoms with E-state index in [1.807, 2.05) is 24.3 Å². The van der Waals surface area contributed by atoms with E-state index in [0.29, 0.717) is 0 Å². The molecule has 1 nitrogen and oxygen atoms in total. The summed E-state index contributed by atoms with van der Waals surface area (Å²) in [7, 11) is 0. The molecular weight excluding hydrogens is 251 g/mol. The van der Waals surface area contributed by atoms with Crippen molar-refractivity contribution < 1.29 is 9.18 Å². The third-order valence-corrected chi connectivity index (χ3v) is 2.93. The van der Waals surface area contributed by atoms with Crippen molar-refractivity contribution in [3.63, 3.8) is 0 Å². The lowest BCUT2D eigenvalue weighted by atomic mass is 10.1. The molecule has 0 aliphatic rings. The van der Waals surface area contributed by atoms with Crippen molar-refractivity contribution in [3.8, 4) is 11.8 Å². The highest BCUT2D eigenvalue weighted by molar-refractivity contribution is 6.09. The molecule has 0 heterocycles. The van der Waals surface area contributed by atoms with Gasteiger partial charge in [-0.1, -0.05) is 43.5 Å². The summed E-state index contributed by atoms with van der Waals surface area (Å²) in [4.78, 5) is 11.8. The number of hydrogen-bond acceptors (Lipinski definition) is 1. The van der Waals surface area contributed by atoms with Crippen molar-refractivity contribution in [1.29, 1.82) is 0 Å². The number of rotatable bonds is 3. The number of benzene rings is 2. The van der Waals surface area contributed by atoms with Crippen LogP contribution in [0, 0.1) is 17.7 Å². The zero-order valence-corrected chi connectivity index (χ0v) is 11.3. The van der Waals surface area contributed by atoms with E-state index in [1.54, 1.807) is 12.1 Å². The molecule has 0 aliphatic carbocycles. The zero-order chi connectivity index (χ0) is 14.4. The van der Waals surface area contributed by atoms with Crippen LogP contribution in [0.25, 0.3) is 0 Å². The number of ketones is 1. The molecule has 20 heavy (non-hydrogen) atoms. The number of carbonyl (C=O) groups is 1. The van der Waals surface area contributed by atoms with Crippen molar-refractivity contribution in [1.82, 2.24) is 0 Å². The fourth-order valence-corrected chi connectivity index (χ4v) is 1.89. The van der Waals surface area contributed by atoms with E-state index < -0.39 is 11.6 Å². The fourth-order valence-electron chi connectivity index (χ4n) is 1.89. The van der Waals surface area contributed by atoms with Crippen LogP contribution in [0.5, 0.6) is 0 Å². The standard InChI is InChI=1S/C18H15FO/c1-2-5-14-8-10-15(11-9-14)12-13-18(20)16-6-3-4-7-17(16)19/h3-4,6-11H,2,5H2,1H3. The van der Waals surface area contributed by atoms with E-state index in [0.717, 1.165) is 18.4 Å². The Hall–Kier alpha value is -2.40.